The number of para-hydroxylation sites is 1. The van der Waals surface area contributed by atoms with Gasteiger partial charge in [0, 0.05) is 7.05 Å². The average Bonchev–Trinajstić information content (AvgIpc) is 2.75. The summed E-state index contributed by atoms with van der Waals surface area (Å²) in [6, 6.07) is 11.7. The molecule has 0 bridgehead atoms. The molecule has 7 nitrogen and oxygen atoms in total. The molecule has 2 aromatic rings. The number of ether oxygens (including phenoxy) is 3. The van der Waals surface area contributed by atoms with E-state index in [0.29, 0.717) is 11.3 Å². The van der Waals surface area contributed by atoms with Crippen molar-refractivity contribution in [2.75, 3.05) is 27.4 Å². The molecule has 0 fully saturated rings. The molecule has 1 N–H and O–H groups in total. The summed E-state index contributed by atoms with van der Waals surface area (Å²) in [5.74, 6) is -0.536. The maximum absolute atomic E-state index is 14.0. The molecular formula is C22H23FN2O5. The second-order valence-corrected chi connectivity index (χ2v) is 6.52. The molecule has 0 aliphatic carbocycles. The lowest BCUT2D eigenvalue weighted by Gasteiger charge is -2.34. The number of nitrogens with zero attached hydrogens (tertiary/aromatic N) is 1. The van der Waals surface area contributed by atoms with Gasteiger partial charge in [-0.05, 0) is 36.8 Å². The minimum Gasteiger partial charge on any atom is -0.497 e. The molecule has 0 radical (unpaired) electrons. The van der Waals surface area contributed by atoms with Crippen LogP contribution in [0.3, 0.4) is 0 Å². The van der Waals surface area contributed by atoms with Gasteiger partial charge >= 0.3 is 12.0 Å². The predicted molar refractivity (Wildman–Crippen MR) is 108 cm³/mol. The van der Waals surface area contributed by atoms with E-state index < -0.39 is 23.9 Å². The van der Waals surface area contributed by atoms with E-state index in [4.69, 9.17) is 14.2 Å². The summed E-state index contributed by atoms with van der Waals surface area (Å²) in [5.41, 5.74) is 1.14. The third kappa shape index (κ3) is 4.37. The first-order valence-corrected chi connectivity index (χ1v) is 9.42. The molecule has 1 atom stereocenters. The highest BCUT2D eigenvalue weighted by atomic mass is 19.1. The first-order valence-electron chi connectivity index (χ1n) is 9.42. The van der Waals surface area contributed by atoms with Gasteiger partial charge in [-0.3, -0.25) is 4.90 Å². The lowest BCUT2D eigenvalue weighted by molar-refractivity contribution is -0.139. The minimum absolute atomic E-state index is 0.0190. The third-order valence-electron chi connectivity index (χ3n) is 4.70. The van der Waals surface area contributed by atoms with Crippen LogP contribution in [-0.2, 0) is 9.53 Å². The molecule has 3 rings (SSSR count). The number of rotatable bonds is 7. The van der Waals surface area contributed by atoms with Gasteiger partial charge in [-0.15, -0.1) is 0 Å². The zero-order chi connectivity index (χ0) is 21.7. The Morgan fingerprint density at radius 2 is 1.97 bits per heavy atom. The summed E-state index contributed by atoms with van der Waals surface area (Å²) in [4.78, 5) is 26.7. The van der Waals surface area contributed by atoms with E-state index in [-0.39, 0.29) is 30.2 Å². The molecular weight excluding hydrogens is 391 g/mol. The van der Waals surface area contributed by atoms with E-state index in [0.717, 1.165) is 0 Å². The molecule has 1 unspecified atom stereocenters. The van der Waals surface area contributed by atoms with Crippen LogP contribution >= 0.6 is 0 Å². The minimum atomic E-state index is -0.776. The van der Waals surface area contributed by atoms with E-state index in [9.17, 15) is 14.0 Å². The average molecular weight is 414 g/mol. The molecule has 158 valence electrons. The molecule has 0 spiro atoms. The lowest BCUT2D eigenvalue weighted by Crippen LogP contribution is -2.48. The van der Waals surface area contributed by atoms with Crippen LogP contribution in [0.4, 0.5) is 9.18 Å². The summed E-state index contributed by atoms with van der Waals surface area (Å²) in [6.07, 6.45) is 0. The molecule has 0 aromatic heterocycles. The largest absolute Gasteiger partial charge is 0.497 e. The van der Waals surface area contributed by atoms with Gasteiger partial charge in [-0.2, -0.15) is 0 Å². The number of esters is 1. The fourth-order valence-electron chi connectivity index (χ4n) is 3.16. The van der Waals surface area contributed by atoms with Crippen molar-refractivity contribution < 1.29 is 28.2 Å². The number of nitrogens with one attached hydrogen (secondary N) is 1. The van der Waals surface area contributed by atoms with Gasteiger partial charge in [0.15, 0.2) is 11.6 Å². The Morgan fingerprint density at radius 1 is 1.20 bits per heavy atom. The van der Waals surface area contributed by atoms with Crippen molar-refractivity contribution in [3.63, 3.8) is 0 Å². The van der Waals surface area contributed by atoms with Crippen LogP contribution in [0, 0.1) is 5.82 Å². The summed E-state index contributed by atoms with van der Waals surface area (Å²) in [6.45, 7) is 1.66. The third-order valence-corrected chi connectivity index (χ3v) is 4.70. The second-order valence-electron chi connectivity index (χ2n) is 6.52. The van der Waals surface area contributed by atoms with Crippen LogP contribution in [0.2, 0.25) is 0 Å². The molecule has 2 amide bonds. The molecule has 1 aliphatic heterocycles. The molecule has 0 saturated carbocycles. The summed E-state index contributed by atoms with van der Waals surface area (Å²) < 4.78 is 30.1. The number of benzene rings is 2. The van der Waals surface area contributed by atoms with E-state index in [1.165, 1.54) is 31.2 Å². The highest BCUT2D eigenvalue weighted by molar-refractivity contribution is 5.95. The highest BCUT2D eigenvalue weighted by Gasteiger charge is 2.37. The molecule has 8 heteroatoms. The van der Waals surface area contributed by atoms with E-state index in [1.807, 2.05) is 0 Å². The van der Waals surface area contributed by atoms with Crippen molar-refractivity contribution in [2.24, 2.45) is 0 Å². The quantitative estimate of drug-likeness (QED) is 0.703. The van der Waals surface area contributed by atoms with Crippen LogP contribution < -0.4 is 14.8 Å². The number of urea groups is 1. The number of carbonyl (C=O) groups is 2. The van der Waals surface area contributed by atoms with Gasteiger partial charge in [0.2, 0.25) is 0 Å². The van der Waals surface area contributed by atoms with Crippen LogP contribution in [0.25, 0.3) is 0 Å². The smallest absolute Gasteiger partial charge is 0.338 e. The predicted octanol–water partition coefficient (Wildman–Crippen LogP) is 3.43. The Kier molecular flexibility index (Phi) is 6.56. The first kappa shape index (κ1) is 21.2. The van der Waals surface area contributed by atoms with Crippen molar-refractivity contribution in [1.29, 1.82) is 0 Å². The zero-order valence-electron chi connectivity index (χ0n) is 17.0. The molecule has 1 heterocycles. The molecule has 30 heavy (non-hydrogen) atoms. The summed E-state index contributed by atoms with van der Waals surface area (Å²) in [7, 11) is 3.04. The summed E-state index contributed by atoms with van der Waals surface area (Å²) >= 11 is 0. The normalized spacial score (nSPS) is 16.2. The zero-order valence-corrected chi connectivity index (χ0v) is 17.0. The van der Waals surface area contributed by atoms with E-state index in [1.54, 1.807) is 43.3 Å². The van der Waals surface area contributed by atoms with Crippen molar-refractivity contribution in [3.05, 3.63) is 71.2 Å². The lowest BCUT2D eigenvalue weighted by atomic mass is 9.94. The fraction of sp³-hybridized carbons (Fsp3) is 0.273. The van der Waals surface area contributed by atoms with Crippen molar-refractivity contribution in [1.82, 2.24) is 10.2 Å². The van der Waals surface area contributed by atoms with Crippen LogP contribution in [-0.4, -0.2) is 44.3 Å². The van der Waals surface area contributed by atoms with Gasteiger partial charge in [0.1, 0.15) is 12.4 Å². The van der Waals surface area contributed by atoms with Crippen LogP contribution in [0.1, 0.15) is 18.5 Å². The van der Waals surface area contributed by atoms with Gasteiger partial charge in [-0.1, -0.05) is 24.3 Å². The Morgan fingerprint density at radius 3 is 2.67 bits per heavy atom. The monoisotopic (exact) mass is 414 g/mol. The van der Waals surface area contributed by atoms with Crippen molar-refractivity contribution in [2.45, 2.75) is 13.0 Å². The van der Waals surface area contributed by atoms with E-state index >= 15 is 0 Å². The maximum atomic E-state index is 14.0. The Hall–Kier alpha value is -3.55. The van der Waals surface area contributed by atoms with Crippen molar-refractivity contribution >= 4 is 12.0 Å². The topological polar surface area (TPSA) is 77.1 Å². The van der Waals surface area contributed by atoms with Crippen molar-refractivity contribution in [3.8, 4) is 11.5 Å². The maximum Gasteiger partial charge on any atom is 0.338 e. The number of likely N-dealkylation sites (N-methyl/N-ethyl adjacent to an activating group) is 1. The first-order chi connectivity index (χ1) is 14.5. The molecule has 0 saturated heterocycles. The highest BCUT2D eigenvalue weighted by Crippen LogP contribution is 2.33. The van der Waals surface area contributed by atoms with Gasteiger partial charge < -0.3 is 19.5 Å². The van der Waals surface area contributed by atoms with Crippen LogP contribution in [0.5, 0.6) is 11.5 Å². The number of amides is 2. The fourth-order valence-corrected chi connectivity index (χ4v) is 3.16. The van der Waals surface area contributed by atoms with Gasteiger partial charge in [0.05, 0.1) is 31.0 Å². The molecule has 1 aliphatic rings. The number of methoxy groups -OCH3 is 1. The number of carbonyl (C=O) groups excluding carboxylic acids is 2. The Balaban J connectivity index is 2.05. The number of halogens is 1. The SMILES string of the molecule is CCOC(=O)C1=C(COc2ccccc2F)N(C)C(=O)NC1c1cccc(OC)c1. The number of hydrogen-bond donors (Lipinski definition) is 1. The molecule has 2 aromatic carbocycles. The van der Waals surface area contributed by atoms with Gasteiger partial charge in [0.25, 0.3) is 0 Å². The standard InChI is InChI=1S/C22H23FN2O5/c1-4-29-21(26)19-17(13-30-18-11-6-5-10-16(18)23)25(2)22(27)24-20(19)14-8-7-9-15(12-14)28-3/h5-12,20H,4,13H2,1-3H3,(H,24,27). The Bertz CT molecular complexity index is 976. The second kappa shape index (κ2) is 9.30. The summed E-state index contributed by atoms with van der Waals surface area (Å²) in [5, 5.41) is 2.81. The Labute approximate surface area is 174 Å². The van der Waals surface area contributed by atoms with E-state index in [2.05, 4.69) is 5.32 Å². The van der Waals surface area contributed by atoms with Gasteiger partial charge in [-0.25, -0.2) is 14.0 Å². The number of hydrogen-bond acceptors (Lipinski definition) is 5. The van der Waals surface area contributed by atoms with Crippen LogP contribution in [0.15, 0.2) is 59.8 Å².